The second-order valence-corrected chi connectivity index (χ2v) is 5.40. The van der Waals surface area contributed by atoms with Crippen LogP contribution in [0, 0.1) is 0 Å². The van der Waals surface area contributed by atoms with Crippen LogP contribution in [0.25, 0.3) is 0 Å². The summed E-state index contributed by atoms with van der Waals surface area (Å²) < 4.78 is 5.62. The van der Waals surface area contributed by atoms with Crippen molar-refractivity contribution in [1.29, 1.82) is 0 Å². The molecule has 0 radical (unpaired) electrons. The van der Waals surface area contributed by atoms with Crippen molar-refractivity contribution in [3.63, 3.8) is 0 Å². The predicted octanol–water partition coefficient (Wildman–Crippen LogP) is 2.98. The summed E-state index contributed by atoms with van der Waals surface area (Å²) in [5.41, 5.74) is 2.50. The lowest BCUT2D eigenvalue weighted by molar-refractivity contribution is -0.128. The molecule has 0 bridgehead atoms. The van der Waals surface area contributed by atoms with Crippen LogP contribution in [0.4, 0.5) is 11.4 Å². The van der Waals surface area contributed by atoms with Crippen LogP contribution in [-0.4, -0.2) is 17.9 Å². The fourth-order valence-corrected chi connectivity index (χ4v) is 2.48. The van der Waals surface area contributed by atoms with E-state index < -0.39 is 6.10 Å². The summed E-state index contributed by atoms with van der Waals surface area (Å²) in [6.45, 7) is 2.05. The molecule has 2 N–H and O–H groups in total. The zero-order valence-electron chi connectivity index (χ0n) is 12.8. The SMILES string of the molecule is CCc1cccc(NC(=O)C[C@@H]2Oc3ccccc3NC2=O)c1. The number of carbonyl (C=O) groups excluding carboxylic acids is 2. The molecule has 5 heteroatoms. The topological polar surface area (TPSA) is 67.4 Å². The molecule has 2 aromatic rings. The van der Waals surface area contributed by atoms with E-state index in [0.29, 0.717) is 11.4 Å². The summed E-state index contributed by atoms with van der Waals surface area (Å²) in [6, 6.07) is 14.8. The lowest BCUT2D eigenvalue weighted by atomic mass is 10.1. The number of fused-ring (bicyclic) bond motifs is 1. The van der Waals surface area contributed by atoms with E-state index in [1.807, 2.05) is 36.4 Å². The maximum absolute atomic E-state index is 12.2. The summed E-state index contributed by atoms with van der Waals surface area (Å²) in [7, 11) is 0. The smallest absolute Gasteiger partial charge is 0.266 e. The van der Waals surface area contributed by atoms with Gasteiger partial charge in [0.2, 0.25) is 5.91 Å². The fraction of sp³-hybridized carbons (Fsp3) is 0.222. The molecule has 1 heterocycles. The number of para-hydroxylation sites is 2. The van der Waals surface area contributed by atoms with Gasteiger partial charge in [-0.25, -0.2) is 0 Å². The first-order chi connectivity index (χ1) is 11.2. The molecule has 1 aliphatic heterocycles. The van der Waals surface area contributed by atoms with E-state index in [1.54, 1.807) is 12.1 Å². The van der Waals surface area contributed by atoms with Gasteiger partial charge in [0.25, 0.3) is 5.91 Å². The van der Waals surface area contributed by atoms with Gasteiger partial charge in [-0.15, -0.1) is 0 Å². The van der Waals surface area contributed by atoms with E-state index in [4.69, 9.17) is 4.74 Å². The van der Waals surface area contributed by atoms with Crippen molar-refractivity contribution in [2.75, 3.05) is 10.6 Å². The van der Waals surface area contributed by atoms with Gasteiger partial charge in [-0.3, -0.25) is 9.59 Å². The zero-order valence-corrected chi connectivity index (χ0v) is 12.8. The fourth-order valence-electron chi connectivity index (χ4n) is 2.48. The number of aryl methyl sites for hydroxylation is 1. The molecule has 5 nitrogen and oxygen atoms in total. The van der Waals surface area contributed by atoms with E-state index in [1.165, 1.54) is 0 Å². The third-order valence-corrected chi connectivity index (χ3v) is 3.70. The Morgan fingerprint density at radius 3 is 2.87 bits per heavy atom. The van der Waals surface area contributed by atoms with Gasteiger partial charge in [0.1, 0.15) is 5.75 Å². The number of benzene rings is 2. The molecule has 0 spiro atoms. The Morgan fingerprint density at radius 1 is 1.22 bits per heavy atom. The van der Waals surface area contributed by atoms with E-state index in [9.17, 15) is 9.59 Å². The monoisotopic (exact) mass is 310 g/mol. The van der Waals surface area contributed by atoms with Crippen LogP contribution in [0.2, 0.25) is 0 Å². The minimum absolute atomic E-state index is 0.0312. The van der Waals surface area contributed by atoms with E-state index in [-0.39, 0.29) is 18.2 Å². The lowest BCUT2D eigenvalue weighted by Gasteiger charge is -2.25. The molecule has 0 aromatic heterocycles. The Morgan fingerprint density at radius 2 is 2.04 bits per heavy atom. The summed E-state index contributed by atoms with van der Waals surface area (Å²) in [4.78, 5) is 24.2. The summed E-state index contributed by atoms with van der Waals surface area (Å²) in [5, 5.41) is 5.56. The molecule has 2 aromatic carbocycles. The lowest BCUT2D eigenvalue weighted by Crippen LogP contribution is -2.39. The van der Waals surface area contributed by atoms with Crippen LogP contribution in [0.5, 0.6) is 5.75 Å². The van der Waals surface area contributed by atoms with Gasteiger partial charge in [-0.1, -0.05) is 31.2 Å². The third-order valence-electron chi connectivity index (χ3n) is 3.70. The number of nitrogens with one attached hydrogen (secondary N) is 2. The van der Waals surface area contributed by atoms with Crippen molar-refractivity contribution in [2.24, 2.45) is 0 Å². The number of anilines is 2. The highest BCUT2D eigenvalue weighted by Crippen LogP contribution is 2.29. The number of rotatable bonds is 4. The van der Waals surface area contributed by atoms with Gasteiger partial charge in [0, 0.05) is 5.69 Å². The van der Waals surface area contributed by atoms with Crippen LogP contribution in [0.1, 0.15) is 18.9 Å². The molecule has 23 heavy (non-hydrogen) atoms. The Bertz CT molecular complexity index is 743. The van der Waals surface area contributed by atoms with Crippen molar-refractivity contribution in [3.05, 3.63) is 54.1 Å². The highest BCUT2D eigenvalue weighted by Gasteiger charge is 2.29. The van der Waals surface area contributed by atoms with Crippen LogP contribution in [0.15, 0.2) is 48.5 Å². The highest BCUT2D eigenvalue weighted by atomic mass is 16.5. The molecule has 0 fully saturated rings. The van der Waals surface area contributed by atoms with Gasteiger partial charge < -0.3 is 15.4 Å². The van der Waals surface area contributed by atoms with E-state index >= 15 is 0 Å². The molecule has 0 unspecified atom stereocenters. The van der Waals surface area contributed by atoms with Crippen molar-refractivity contribution in [3.8, 4) is 5.75 Å². The number of carbonyl (C=O) groups is 2. The predicted molar refractivity (Wildman–Crippen MR) is 88.6 cm³/mol. The highest BCUT2D eigenvalue weighted by molar-refractivity contribution is 6.01. The summed E-state index contributed by atoms with van der Waals surface area (Å²) >= 11 is 0. The number of ether oxygens (including phenoxy) is 1. The first kappa shape index (κ1) is 15.1. The Balaban J connectivity index is 1.65. The second-order valence-electron chi connectivity index (χ2n) is 5.40. The zero-order chi connectivity index (χ0) is 16.2. The number of hydrogen-bond acceptors (Lipinski definition) is 3. The molecular weight excluding hydrogens is 292 g/mol. The quantitative estimate of drug-likeness (QED) is 0.912. The Kier molecular flexibility index (Phi) is 4.28. The van der Waals surface area contributed by atoms with Crippen molar-refractivity contribution < 1.29 is 14.3 Å². The van der Waals surface area contributed by atoms with Gasteiger partial charge in [-0.2, -0.15) is 0 Å². The van der Waals surface area contributed by atoms with Crippen molar-refractivity contribution in [2.45, 2.75) is 25.9 Å². The molecule has 118 valence electrons. The molecule has 0 saturated carbocycles. The minimum Gasteiger partial charge on any atom is -0.478 e. The third kappa shape index (κ3) is 3.51. The molecular formula is C18H18N2O3. The van der Waals surface area contributed by atoms with Gasteiger partial charge in [0.15, 0.2) is 6.10 Å². The average molecular weight is 310 g/mol. The summed E-state index contributed by atoms with van der Waals surface area (Å²) in [6.07, 6.45) is 0.0461. The second kappa shape index (κ2) is 6.52. The number of amides is 2. The number of hydrogen-bond donors (Lipinski definition) is 2. The molecule has 1 aliphatic rings. The van der Waals surface area contributed by atoms with Crippen LogP contribution >= 0.6 is 0 Å². The molecule has 0 aliphatic carbocycles. The van der Waals surface area contributed by atoms with Gasteiger partial charge in [-0.05, 0) is 36.2 Å². The molecule has 1 atom stereocenters. The first-order valence-corrected chi connectivity index (χ1v) is 7.61. The van der Waals surface area contributed by atoms with Crippen LogP contribution in [0.3, 0.4) is 0 Å². The maximum atomic E-state index is 12.2. The van der Waals surface area contributed by atoms with Crippen LogP contribution < -0.4 is 15.4 Å². The normalized spacial score (nSPS) is 16.0. The standard InChI is InChI=1S/C18H18N2O3/c1-2-12-6-5-7-13(10-12)19-17(21)11-16-18(22)20-14-8-3-4-9-15(14)23-16/h3-10,16H,2,11H2,1H3,(H,19,21)(H,20,22)/t16-/m0/s1. The Hall–Kier alpha value is -2.82. The van der Waals surface area contributed by atoms with Gasteiger partial charge in [0.05, 0.1) is 12.1 Å². The van der Waals surface area contributed by atoms with Crippen molar-refractivity contribution in [1.82, 2.24) is 0 Å². The Labute approximate surface area is 134 Å². The van der Waals surface area contributed by atoms with E-state index in [2.05, 4.69) is 17.6 Å². The minimum atomic E-state index is -0.820. The van der Waals surface area contributed by atoms with Crippen molar-refractivity contribution >= 4 is 23.2 Å². The largest absolute Gasteiger partial charge is 0.478 e. The molecule has 2 amide bonds. The van der Waals surface area contributed by atoms with Gasteiger partial charge >= 0.3 is 0 Å². The molecule has 3 rings (SSSR count). The average Bonchev–Trinajstić information content (AvgIpc) is 2.55. The maximum Gasteiger partial charge on any atom is 0.266 e. The summed E-state index contributed by atoms with van der Waals surface area (Å²) in [5.74, 6) is 0.0248. The van der Waals surface area contributed by atoms with Crippen LogP contribution in [-0.2, 0) is 16.0 Å². The van der Waals surface area contributed by atoms with E-state index in [0.717, 1.165) is 17.7 Å². The first-order valence-electron chi connectivity index (χ1n) is 7.61. The molecule has 0 saturated heterocycles.